The Labute approximate surface area is 125 Å². The van der Waals surface area contributed by atoms with E-state index in [1.54, 1.807) is 0 Å². The first-order chi connectivity index (χ1) is 10.1. The van der Waals surface area contributed by atoms with E-state index in [2.05, 4.69) is 15.2 Å². The zero-order valence-corrected chi connectivity index (χ0v) is 12.6. The first kappa shape index (κ1) is 14.3. The Balaban J connectivity index is 1.51. The van der Waals surface area contributed by atoms with Crippen LogP contribution in [0.1, 0.15) is 32.6 Å². The van der Waals surface area contributed by atoms with Crippen LogP contribution in [0, 0.1) is 5.92 Å². The van der Waals surface area contributed by atoms with Crippen LogP contribution in [0.3, 0.4) is 0 Å². The first-order valence-electron chi connectivity index (χ1n) is 7.83. The van der Waals surface area contributed by atoms with Crippen molar-refractivity contribution in [1.82, 2.24) is 10.3 Å². The summed E-state index contributed by atoms with van der Waals surface area (Å²) in [6, 6.07) is 6.20. The van der Waals surface area contributed by atoms with Crippen molar-refractivity contribution in [2.24, 2.45) is 11.7 Å². The number of hydrogen-bond donors (Lipinski definition) is 2. The van der Waals surface area contributed by atoms with Crippen LogP contribution in [0.5, 0.6) is 0 Å². The minimum absolute atomic E-state index is 0.0151. The van der Waals surface area contributed by atoms with Gasteiger partial charge in [-0.3, -0.25) is 4.79 Å². The second-order valence-electron chi connectivity index (χ2n) is 6.48. The molecule has 0 radical (unpaired) electrons. The maximum absolute atomic E-state index is 12.3. The summed E-state index contributed by atoms with van der Waals surface area (Å²) in [5.74, 6) is 1.40. The monoisotopic (exact) mass is 288 g/mol. The van der Waals surface area contributed by atoms with Gasteiger partial charge in [-0.25, -0.2) is 4.98 Å². The van der Waals surface area contributed by atoms with Crippen molar-refractivity contribution in [3.05, 3.63) is 24.4 Å². The molecular formula is C16H24N4O. The van der Waals surface area contributed by atoms with Crippen LogP contribution in [0.2, 0.25) is 0 Å². The Hall–Kier alpha value is -1.62. The maximum atomic E-state index is 12.3. The number of amides is 1. The molecule has 1 unspecified atom stereocenters. The van der Waals surface area contributed by atoms with Gasteiger partial charge in [-0.15, -0.1) is 0 Å². The molecule has 1 saturated heterocycles. The van der Waals surface area contributed by atoms with E-state index < -0.39 is 5.54 Å². The zero-order chi connectivity index (χ0) is 14.9. The SMILES string of the molecule is CC(N)(C(=O)NC1CCN(c2ccccn2)CC1)C1CC1. The summed E-state index contributed by atoms with van der Waals surface area (Å²) < 4.78 is 0. The van der Waals surface area contributed by atoms with E-state index in [9.17, 15) is 4.79 Å². The lowest BCUT2D eigenvalue weighted by Gasteiger charge is -2.35. The molecule has 2 fully saturated rings. The highest BCUT2D eigenvalue weighted by molar-refractivity contribution is 5.86. The highest BCUT2D eigenvalue weighted by Crippen LogP contribution is 2.38. The van der Waals surface area contributed by atoms with Gasteiger partial charge in [0.2, 0.25) is 5.91 Å². The van der Waals surface area contributed by atoms with E-state index in [4.69, 9.17) is 5.73 Å². The topological polar surface area (TPSA) is 71.2 Å². The lowest BCUT2D eigenvalue weighted by Crippen LogP contribution is -2.57. The molecule has 114 valence electrons. The van der Waals surface area contributed by atoms with Gasteiger partial charge in [0.05, 0.1) is 5.54 Å². The number of hydrogen-bond acceptors (Lipinski definition) is 4. The lowest BCUT2D eigenvalue weighted by molar-refractivity contribution is -0.127. The number of carbonyl (C=O) groups is 1. The van der Waals surface area contributed by atoms with Crippen molar-refractivity contribution in [3.63, 3.8) is 0 Å². The number of nitrogens with two attached hydrogens (primary N) is 1. The fraction of sp³-hybridized carbons (Fsp3) is 0.625. The minimum atomic E-state index is -0.696. The second kappa shape index (κ2) is 5.64. The van der Waals surface area contributed by atoms with Crippen molar-refractivity contribution in [2.75, 3.05) is 18.0 Å². The van der Waals surface area contributed by atoms with Gasteiger partial charge in [-0.1, -0.05) is 6.07 Å². The number of rotatable bonds is 4. The highest BCUT2D eigenvalue weighted by Gasteiger charge is 2.44. The van der Waals surface area contributed by atoms with Gasteiger partial charge in [0.1, 0.15) is 5.82 Å². The van der Waals surface area contributed by atoms with Crippen LogP contribution in [-0.4, -0.2) is 35.6 Å². The summed E-state index contributed by atoms with van der Waals surface area (Å²) >= 11 is 0. The molecule has 1 saturated carbocycles. The van der Waals surface area contributed by atoms with Crippen molar-refractivity contribution in [3.8, 4) is 0 Å². The predicted molar refractivity (Wildman–Crippen MR) is 82.9 cm³/mol. The van der Waals surface area contributed by atoms with Crippen LogP contribution in [-0.2, 0) is 4.79 Å². The van der Waals surface area contributed by atoms with Gasteiger partial charge in [-0.05, 0) is 50.7 Å². The summed E-state index contributed by atoms with van der Waals surface area (Å²) in [4.78, 5) is 19.0. The predicted octanol–water partition coefficient (Wildman–Crippen LogP) is 1.29. The third-order valence-electron chi connectivity index (χ3n) is 4.72. The van der Waals surface area contributed by atoms with Gasteiger partial charge >= 0.3 is 0 Å². The van der Waals surface area contributed by atoms with Gasteiger partial charge < -0.3 is 16.0 Å². The summed E-state index contributed by atoms with van der Waals surface area (Å²) in [6.45, 7) is 3.71. The fourth-order valence-electron chi connectivity index (χ4n) is 3.00. The molecule has 1 aromatic heterocycles. The Bertz CT molecular complexity index is 490. The Morgan fingerprint density at radius 2 is 2.05 bits per heavy atom. The standard InChI is InChI=1S/C16H24N4O/c1-16(17,12-5-6-12)15(21)19-13-7-10-20(11-8-13)14-4-2-3-9-18-14/h2-4,9,12-13H,5-8,10-11,17H2,1H3,(H,19,21). The van der Waals surface area contributed by atoms with Gasteiger partial charge in [0, 0.05) is 25.3 Å². The number of aromatic nitrogens is 1. The third-order valence-corrected chi connectivity index (χ3v) is 4.72. The average Bonchev–Trinajstić information content (AvgIpc) is 3.34. The molecule has 21 heavy (non-hydrogen) atoms. The number of carbonyl (C=O) groups excluding carboxylic acids is 1. The molecule has 0 bridgehead atoms. The quantitative estimate of drug-likeness (QED) is 0.876. The van der Waals surface area contributed by atoms with Gasteiger partial charge in [0.25, 0.3) is 0 Å². The Morgan fingerprint density at radius 1 is 1.33 bits per heavy atom. The molecule has 0 aromatic carbocycles. The summed E-state index contributed by atoms with van der Waals surface area (Å²) in [5.41, 5.74) is 5.47. The van der Waals surface area contributed by atoms with E-state index in [0.717, 1.165) is 44.6 Å². The average molecular weight is 288 g/mol. The molecule has 2 heterocycles. The number of piperidine rings is 1. The number of pyridine rings is 1. The van der Waals surface area contributed by atoms with E-state index in [0.29, 0.717) is 5.92 Å². The van der Waals surface area contributed by atoms with Crippen molar-refractivity contribution in [2.45, 2.75) is 44.2 Å². The summed E-state index contributed by atoms with van der Waals surface area (Å²) in [7, 11) is 0. The summed E-state index contributed by atoms with van der Waals surface area (Å²) in [5, 5.41) is 3.14. The number of nitrogens with one attached hydrogen (secondary N) is 1. The zero-order valence-electron chi connectivity index (χ0n) is 12.6. The van der Waals surface area contributed by atoms with Crippen molar-refractivity contribution in [1.29, 1.82) is 0 Å². The first-order valence-corrected chi connectivity index (χ1v) is 7.83. The van der Waals surface area contributed by atoms with Gasteiger partial charge in [-0.2, -0.15) is 0 Å². The van der Waals surface area contributed by atoms with E-state index in [1.807, 2.05) is 31.3 Å². The molecule has 5 nitrogen and oxygen atoms in total. The van der Waals surface area contributed by atoms with Crippen LogP contribution >= 0.6 is 0 Å². The molecule has 1 atom stereocenters. The Morgan fingerprint density at radius 3 is 2.62 bits per heavy atom. The number of nitrogens with zero attached hydrogens (tertiary/aromatic N) is 2. The largest absolute Gasteiger partial charge is 0.356 e. The fourth-order valence-corrected chi connectivity index (χ4v) is 3.00. The van der Waals surface area contributed by atoms with E-state index >= 15 is 0 Å². The molecule has 3 rings (SSSR count). The van der Waals surface area contributed by atoms with Crippen LogP contribution < -0.4 is 16.0 Å². The second-order valence-corrected chi connectivity index (χ2v) is 6.48. The summed E-state index contributed by atoms with van der Waals surface area (Å²) in [6.07, 6.45) is 5.88. The van der Waals surface area contributed by atoms with Gasteiger partial charge in [0.15, 0.2) is 0 Å². The maximum Gasteiger partial charge on any atom is 0.240 e. The Kier molecular flexibility index (Phi) is 3.85. The third kappa shape index (κ3) is 3.18. The molecule has 2 aliphatic rings. The lowest BCUT2D eigenvalue weighted by atomic mass is 9.94. The molecule has 3 N–H and O–H groups in total. The molecule has 5 heteroatoms. The van der Waals surface area contributed by atoms with Crippen LogP contribution in [0.15, 0.2) is 24.4 Å². The van der Waals surface area contributed by atoms with Crippen LogP contribution in [0.25, 0.3) is 0 Å². The smallest absolute Gasteiger partial charge is 0.240 e. The molecule has 1 aliphatic heterocycles. The minimum Gasteiger partial charge on any atom is -0.356 e. The number of anilines is 1. The molecule has 1 aromatic rings. The normalized spacial score (nSPS) is 22.7. The highest BCUT2D eigenvalue weighted by atomic mass is 16.2. The van der Waals surface area contributed by atoms with Crippen molar-refractivity contribution < 1.29 is 4.79 Å². The molecule has 0 spiro atoms. The molecule has 1 amide bonds. The van der Waals surface area contributed by atoms with E-state index in [1.165, 1.54) is 0 Å². The van der Waals surface area contributed by atoms with E-state index in [-0.39, 0.29) is 11.9 Å². The molecule has 1 aliphatic carbocycles. The van der Waals surface area contributed by atoms with Crippen molar-refractivity contribution >= 4 is 11.7 Å². The van der Waals surface area contributed by atoms with Crippen LogP contribution in [0.4, 0.5) is 5.82 Å². The molecular weight excluding hydrogens is 264 g/mol.